The molecule has 0 aromatic rings. The van der Waals surface area contributed by atoms with Crippen LogP contribution >= 0.6 is 0 Å². The van der Waals surface area contributed by atoms with Crippen LogP contribution in [-0.2, 0) is 9.59 Å². The first-order valence-corrected chi connectivity index (χ1v) is 6.99. The van der Waals surface area contributed by atoms with Gasteiger partial charge in [-0.25, -0.2) is 9.59 Å². The Morgan fingerprint density at radius 2 is 1.67 bits per heavy atom. The molecule has 0 saturated heterocycles. The van der Waals surface area contributed by atoms with Crippen molar-refractivity contribution in [2.75, 3.05) is 0 Å². The lowest BCUT2D eigenvalue weighted by atomic mass is 9.65. The molecule has 2 saturated carbocycles. The number of carbonyl (C=O) groups excluding carboxylic acids is 2. The molecule has 3 unspecified atom stereocenters. The van der Waals surface area contributed by atoms with Gasteiger partial charge in [0.05, 0.1) is 11.6 Å². The number of rotatable bonds is 2. The number of fused-ring (bicyclic) bond motifs is 1. The first-order valence-electron chi connectivity index (χ1n) is 6.99. The molecule has 0 N–H and O–H groups in total. The van der Waals surface area contributed by atoms with Gasteiger partial charge in [0.15, 0.2) is 0 Å². The van der Waals surface area contributed by atoms with Crippen LogP contribution < -0.4 is 0 Å². The van der Waals surface area contributed by atoms with E-state index in [1.807, 2.05) is 0 Å². The minimum atomic E-state index is -0.460. The molecule has 0 bridgehead atoms. The predicted molar refractivity (Wildman–Crippen MR) is 67.8 cm³/mol. The molecule has 0 aromatic carbocycles. The molecule has 98 valence electrons. The molecule has 2 fully saturated rings. The van der Waals surface area contributed by atoms with Crippen molar-refractivity contribution in [1.29, 1.82) is 0 Å². The van der Waals surface area contributed by atoms with Crippen molar-refractivity contribution in [3.8, 4) is 0 Å². The van der Waals surface area contributed by atoms with Crippen molar-refractivity contribution in [3.63, 3.8) is 0 Å². The van der Waals surface area contributed by atoms with Crippen LogP contribution in [0.4, 0.5) is 0 Å². The fraction of sp³-hybridized carbons (Fsp3) is 0.857. The summed E-state index contributed by atoms with van der Waals surface area (Å²) < 4.78 is 0. The Morgan fingerprint density at radius 3 is 2.44 bits per heavy atom. The van der Waals surface area contributed by atoms with Gasteiger partial charge in [0.2, 0.25) is 12.2 Å². The van der Waals surface area contributed by atoms with E-state index in [4.69, 9.17) is 0 Å². The van der Waals surface area contributed by atoms with E-state index in [0.29, 0.717) is 5.92 Å². The SMILES string of the molecule is O=C=NC1CCCC2CCCCCCC21N=C=O. The summed E-state index contributed by atoms with van der Waals surface area (Å²) in [7, 11) is 0. The minimum Gasteiger partial charge on any atom is -0.211 e. The van der Waals surface area contributed by atoms with Gasteiger partial charge >= 0.3 is 0 Å². The number of hydrogen-bond acceptors (Lipinski definition) is 4. The van der Waals surface area contributed by atoms with Crippen LogP contribution in [0.3, 0.4) is 0 Å². The van der Waals surface area contributed by atoms with Crippen molar-refractivity contribution < 1.29 is 9.59 Å². The monoisotopic (exact) mass is 248 g/mol. The van der Waals surface area contributed by atoms with Crippen LogP contribution in [0.2, 0.25) is 0 Å². The lowest BCUT2D eigenvalue weighted by Crippen LogP contribution is -2.49. The third-order valence-corrected chi connectivity index (χ3v) is 4.66. The van der Waals surface area contributed by atoms with Crippen LogP contribution in [0, 0.1) is 5.92 Å². The summed E-state index contributed by atoms with van der Waals surface area (Å²) in [5.74, 6) is 0.384. The summed E-state index contributed by atoms with van der Waals surface area (Å²) in [6.07, 6.45) is 13.1. The van der Waals surface area contributed by atoms with Crippen LogP contribution in [0.25, 0.3) is 0 Å². The first-order chi connectivity index (χ1) is 8.83. The van der Waals surface area contributed by atoms with Crippen molar-refractivity contribution in [3.05, 3.63) is 0 Å². The fourth-order valence-electron chi connectivity index (χ4n) is 3.79. The van der Waals surface area contributed by atoms with Crippen LogP contribution in [0.5, 0.6) is 0 Å². The van der Waals surface area contributed by atoms with E-state index in [-0.39, 0.29) is 6.04 Å². The lowest BCUT2D eigenvalue weighted by molar-refractivity contribution is 0.128. The fourth-order valence-corrected chi connectivity index (χ4v) is 3.79. The van der Waals surface area contributed by atoms with Gasteiger partial charge in [-0.05, 0) is 31.6 Å². The van der Waals surface area contributed by atoms with E-state index in [1.165, 1.54) is 19.3 Å². The molecule has 0 aromatic heterocycles. The average Bonchev–Trinajstić information content (AvgIpc) is 2.34. The molecular weight excluding hydrogens is 228 g/mol. The highest BCUT2D eigenvalue weighted by atomic mass is 16.1. The Labute approximate surface area is 108 Å². The molecule has 0 aliphatic heterocycles. The molecule has 0 amide bonds. The standard InChI is InChI=1S/C14H20N2O2/c17-10-15-13-8-5-7-12-6-3-1-2-4-9-14(12,13)16-11-18/h12-13H,1-9H2. The normalized spacial score (nSPS) is 36.2. The molecule has 0 radical (unpaired) electrons. The molecule has 2 rings (SSSR count). The quantitative estimate of drug-likeness (QED) is 0.557. The van der Waals surface area contributed by atoms with Crippen LogP contribution in [0.1, 0.15) is 57.8 Å². The molecule has 2 aliphatic rings. The Balaban J connectivity index is 2.36. The van der Waals surface area contributed by atoms with Crippen molar-refractivity contribution in [2.24, 2.45) is 15.9 Å². The summed E-state index contributed by atoms with van der Waals surface area (Å²) in [4.78, 5) is 29.6. The van der Waals surface area contributed by atoms with E-state index in [9.17, 15) is 9.59 Å². The molecule has 4 heteroatoms. The third-order valence-electron chi connectivity index (χ3n) is 4.66. The van der Waals surface area contributed by atoms with Gasteiger partial charge in [0, 0.05) is 0 Å². The molecular formula is C14H20N2O2. The minimum absolute atomic E-state index is 0.159. The van der Waals surface area contributed by atoms with Gasteiger partial charge in [-0.3, -0.25) is 0 Å². The number of isocyanates is 2. The smallest absolute Gasteiger partial charge is 0.211 e. The zero-order chi connectivity index (χ0) is 12.8. The Morgan fingerprint density at radius 1 is 0.889 bits per heavy atom. The zero-order valence-electron chi connectivity index (χ0n) is 10.7. The highest BCUT2D eigenvalue weighted by Gasteiger charge is 2.48. The van der Waals surface area contributed by atoms with Crippen LogP contribution in [-0.4, -0.2) is 23.7 Å². The molecule has 0 spiro atoms. The topological polar surface area (TPSA) is 58.9 Å². The second kappa shape index (κ2) is 6.08. The largest absolute Gasteiger partial charge is 0.235 e. The Hall–Kier alpha value is -1.24. The maximum atomic E-state index is 10.8. The first kappa shape index (κ1) is 13.2. The maximum absolute atomic E-state index is 10.8. The summed E-state index contributed by atoms with van der Waals surface area (Å²) in [6.45, 7) is 0. The Bertz CT molecular complexity index is 383. The second-order valence-electron chi connectivity index (χ2n) is 5.51. The van der Waals surface area contributed by atoms with Crippen molar-refractivity contribution >= 4 is 12.2 Å². The van der Waals surface area contributed by atoms with E-state index < -0.39 is 5.54 Å². The maximum Gasteiger partial charge on any atom is 0.235 e. The van der Waals surface area contributed by atoms with Crippen molar-refractivity contribution in [2.45, 2.75) is 69.4 Å². The summed E-state index contributed by atoms with van der Waals surface area (Å²) in [5, 5.41) is 0. The van der Waals surface area contributed by atoms with Gasteiger partial charge in [0.25, 0.3) is 0 Å². The Kier molecular flexibility index (Phi) is 4.46. The van der Waals surface area contributed by atoms with Crippen LogP contribution in [0.15, 0.2) is 9.98 Å². The lowest BCUT2D eigenvalue weighted by Gasteiger charge is -2.45. The van der Waals surface area contributed by atoms with E-state index >= 15 is 0 Å². The number of aliphatic imine (C=N–C) groups is 2. The summed E-state index contributed by atoms with van der Waals surface area (Å²) in [5.41, 5.74) is -0.460. The van der Waals surface area contributed by atoms with Crippen molar-refractivity contribution in [1.82, 2.24) is 0 Å². The zero-order valence-corrected chi connectivity index (χ0v) is 10.7. The molecule has 2 aliphatic carbocycles. The molecule has 18 heavy (non-hydrogen) atoms. The number of hydrogen-bond donors (Lipinski definition) is 0. The van der Waals surface area contributed by atoms with E-state index in [1.54, 1.807) is 12.2 Å². The third kappa shape index (κ3) is 2.45. The van der Waals surface area contributed by atoms with Gasteiger partial charge in [0.1, 0.15) is 0 Å². The molecule has 0 heterocycles. The highest BCUT2D eigenvalue weighted by molar-refractivity contribution is 5.38. The average molecular weight is 248 g/mol. The number of nitrogens with zero attached hydrogens (tertiary/aromatic N) is 2. The van der Waals surface area contributed by atoms with E-state index in [0.717, 1.165) is 38.5 Å². The molecule has 3 atom stereocenters. The van der Waals surface area contributed by atoms with E-state index in [2.05, 4.69) is 9.98 Å². The molecule has 4 nitrogen and oxygen atoms in total. The van der Waals surface area contributed by atoms with Gasteiger partial charge < -0.3 is 0 Å². The summed E-state index contributed by atoms with van der Waals surface area (Å²) >= 11 is 0. The second-order valence-corrected chi connectivity index (χ2v) is 5.51. The van der Waals surface area contributed by atoms with Gasteiger partial charge in [-0.15, -0.1) is 0 Å². The van der Waals surface area contributed by atoms with Gasteiger partial charge in [-0.2, -0.15) is 9.98 Å². The predicted octanol–water partition coefficient (Wildman–Crippen LogP) is 2.92. The highest BCUT2D eigenvalue weighted by Crippen LogP contribution is 2.45. The van der Waals surface area contributed by atoms with Gasteiger partial charge in [-0.1, -0.05) is 32.1 Å². The summed E-state index contributed by atoms with van der Waals surface area (Å²) in [6, 6.07) is -0.159.